The van der Waals surface area contributed by atoms with Crippen LogP contribution in [0, 0.1) is 5.82 Å². The number of rotatable bonds is 4. The minimum Gasteiger partial charge on any atom is -0.351 e. The van der Waals surface area contributed by atoms with Gasteiger partial charge in [0, 0.05) is 19.6 Å². The predicted molar refractivity (Wildman–Crippen MR) is 72.2 cm³/mol. The van der Waals surface area contributed by atoms with E-state index in [9.17, 15) is 9.18 Å². The maximum absolute atomic E-state index is 12.7. The van der Waals surface area contributed by atoms with Crippen LogP contribution in [0.25, 0.3) is 0 Å². The van der Waals surface area contributed by atoms with Gasteiger partial charge in [-0.05, 0) is 37.2 Å². The number of nitrogens with one attached hydrogen (secondary N) is 2. The van der Waals surface area contributed by atoms with Gasteiger partial charge < -0.3 is 10.6 Å². The van der Waals surface area contributed by atoms with Crippen molar-refractivity contribution in [1.82, 2.24) is 15.5 Å². The predicted octanol–water partition coefficient (Wildman–Crippen LogP) is 0.737. The standard InChI is InChI=1S/C14H20FN3O/c15-13-4-2-12(3-5-13)10-17-14(19)11-18-8-1-6-16-7-9-18/h2-5,16H,1,6-11H2,(H,17,19). The third-order valence-electron chi connectivity index (χ3n) is 3.20. The van der Waals surface area contributed by atoms with Crippen LogP contribution in [0.4, 0.5) is 4.39 Å². The molecule has 1 aromatic carbocycles. The summed E-state index contributed by atoms with van der Waals surface area (Å²) in [5.74, 6) is -0.238. The van der Waals surface area contributed by atoms with E-state index in [1.807, 2.05) is 0 Å². The van der Waals surface area contributed by atoms with Crippen LogP contribution in [-0.4, -0.2) is 43.5 Å². The summed E-state index contributed by atoms with van der Waals surface area (Å²) in [6, 6.07) is 6.18. The Balaban J connectivity index is 1.73. The largest absolute Gasteiger partial charge is 0.351 e. The van der Waals surface area contributed by atoms with E-state index in [-0.39, 0.29) is 11.7 Å². The van der Waals surface area contributed by atoms with E-state index in [1.165, 1.54) is 12.1 Å². The fraction of sp³-hybridized carbons (Fsp3) is 0.500. The van der Waals surface area contributed by atoms with Crippen molar-refractivity contribution in [3.8, 4) is 0 Å². The average molecular weight is 265 g/mol. The lowest BCUT2D eigenvalue weighted by molar-refractivity contribution is -0.122. The van der Waals surface area contributed by atoms with E-state index in [4.69, 9.17) is 0 Å². The van der Waals surface area contributed by atoms with Crippen LogP contribution >= 0.6 is 0 Å². The molecule has 0 unspecified atom stereocenters. The first-order chi connectivity index (χ1) is 9.24. The lowest BCUT2D eigenvalue weighted by atomic mass is 10.2. The summed E-state index contributed by atoms with van der Waals surface area (Å²) < 4.78 is 12.7. The average Bonchev–Trinajstić information content (AvgIpc) is 2.67. The Morgan fingerprint density at radius 3 is 2.84 bits per heavy atom. The highest BCUT2D eigenvalue weighted by Crippen LogP contribution is 2.02. The molecule has 5 heteroatoms. The molecule has 0 saturated carbocycles. The Labute approximate surface area is 113 Å². The molecule has 0 aromatic heterocycles. The molecule has 1 aromatic rings. The van der Waals surface area contributed by atoms with E-state index in [0.29, 0.717) is 13.1 Å². The fourth-order valence-corrected chi connectivity index (χ4v) is 2.12. The topological polar surface area (TPSA) is 44.4 Å². The number of halogens is 1. The molecule has 1 saturated heterocycles. The monoisotopic (exact) mass is 265 g/mol. The molecular formula is C14H20FN3O. The van der Waals surface area contributed by atoms with Crippen LogP contribution < -0.4 is 10.6 Å². The van der Waals surface area contributed by atoms with E-state index in [1.54, 1.807) is 12.1 Å². The third-order valence-corrected chi connectivity index (χ3v) is 3.20. The summed E-state index contributed by atoms with van der Waals surface area (Å²) in [4.78, 5) is 14.0. The number of benzene rings is 1. The lowest BCUT2D eigenvalue weighted by Gasteiger charge is -2.18. The second kappa shape index (κ2) is 7.21. The van der Waals surface area contributed by atoms with Crippen molar-refractivity contribution < 1.29 is 9.18 Å². The minimum atomic E-state index is -0.257. The van der Waals surface area contributed by atoms with Gasteiger partial charge in [-0.25, -0.2) is 4.39 Å². The first-order valence-electron chi connectivity index (χ1n) is 6.68. The normalized spacial score (nSPS) is 16.9. The van der Waals surface area contributed by atoms with Gasteiger partial charge in [0.05, 0.1) is 6.54 Å². The van der Waals surface area contributed by atoms with Crippen molar-refractivity contribution in [3.05, 3.63) is 35.6 Å². The molecular weight excluding hydrogens is 245 g/mol. The molecule has 0 aliphatic carbocycles. The number of carbonyl (C=O) groups excluding carboxylic acids is 1. The Hall–Kier alpha value is -1.46. The van der Waals surface area contributed by atoms with Crippen LogP contribution in [-0.2, 0) is 11.3 Å². The lowest BCUT2D eigenvalue weighted by Crippen LogP contribution is -2.38. The number of carbonyl (C=O) groups is 1. The molecule has 19 heavy (non-hydrogen) atoms. The molecule has 1 amide bonds. The van der Waals surface area contributed by atoms with Gasteiger partial charge in [-0.1, -0.05) is 12.1 Å². The highest BCUT2D eigenvalue weighted by atomic mass is 19.1. The quantitative estimate of drug-likeness (QED) is 0.844. The molecule has 2 rings (SSSR count). The van der Waals surface area contributed by atoms with Gasteiger partial charge in [0.1, 0.15) is 5.82 Å². The van der Waals surface area contributed by atoms with Crippen LogP contribution in [0.1, 0.15) is 12.0 Å². The van der Waals surface area contributed by atoms with Crippen molar-refractivity contribution in [1.29, 1.82) is 0 Å². The Morgan fingerprint density at radius 1 is 1.26 bits per heavy atom. The van der Waals surface area contributed by atoms with Gasteiger partial charge in [-0.15, -0.1) is 0 Å². The summed E-state index contributed by atoms with van der Waals surface area (Å²) in [6.45, 7) is 4.70. The van der Waals surface area contributed by atoms with Crippen LogP contribution in [0.2, 0.25) is 0 Å². The second-order valence-corrected chi connectivity index (χ2v) is 4.78. The van der Waals surface area contributed by atoms with Crippen molar-refractivity contribution >= 4 is 5.91 Å². The molecule has 0 radical (unpaired) electrons. The van der Waals surface area contributed by atoms with Crippen LogP contribution in [0.5, 0.6) is 0 Å². The van der Waals surface area contributed by atoms with Crippen molar-refractivity contribution in [3.63, 3.8) is 0 Å². The highest BCUT2D eigenvalue weighted by molar-refractivity contribution is 5.78. The van der Waals surface area contributed by atoms with E-state index in [0.717, 1.165) is 38.2 Å². The number of hydrogen-bond acceptors (Lipinski definition) is 3. The van der Waals surface area contributed by atoms with Gasteiger partial charge in [-0.2, -0.15) is 0 Å². The highest BCUT2D eigenvalue weighted by Gasteiger charge is 2.12. The van der Waals surface area contributed by atoms with Crippen molar-refractivity contribution in [2.45, 2.75) is 13.0 Å². The molecule has 0 spiro atoms. The zero-order valence-corrected chi connectivity index (χ0v) is 11.0. The number of hydrogen-bond donors (Lipinski definition) is 2. The maximum atomic E-state index is 12.7. The van der Waals surface area contributed by atoms with Gasteiger partial charge in [0.15, 0.2) is 0 Å². The van der Waals surface area contributed by atoms with E-state index in [2.05, 4.69) is 15.5 Å². The number of amides is 1. The van der Waals surface area contributed by atoms with Crippen molar-refractivity contribution in [2.75, 3.05) is 32.7 Å². The molecule has 104 valence electrons. The smallest absolute Gasteiger partial charge is 0.234 e. The molecule has 0 atom stereocenters. The maximum Gasteiger partial charge on any atom is 0.234 e. The summed E-state index contributed by atoms with van der Waals surface area (Å²) in [5, 5.41) is 6.17. The van der Waals surface area contributed by atoms with Gasteiger partial charge >= 0.3 is 0 Å². The summed E-state index contributed by atoms with van der Waals surface area (Å²) >= 11 is 0. The zero-order valence-electron chi connectivity index (χ0n) is 11.0. The molecule has 1 heterocycles. The Kier molecular flexibility index (Phi) is 5.30. The molecule has 4 nitrogen and oxygen atoms in total. The van der Waals surface area contributed by atoms with E-state index >= 15 is 0 Å². The second-order valence-electron chi connectivity index (χ2n) is 4.78. The Bertz CT molecular complexity index is 400. The molecule has 1 aliphatic heterocycles. The Morgan fingerprint density at radius 2 is 2.05 bits per heavy atom. The van der Waals surface area contributed by atoms with Gasteiger partial charge in [0.25, 0.3) is 0 Å². The zero-order chi connectivity index (χ0) is 13.5. The number of nitrogens with zero attached hydrogens (tertiary/aromatic N) is 1. The van der Waals surface area contributed by atoms with Gasteiger partial charge in [-0.3, -0.25) is 9.69 Å². The summed E-state index contributed by atoms with van der Waals surface area (Å²) in [6.07, 6.45) is 1.07. The fourth-order valence-electron chi connectivity index (χ4n) is 2.12. The van der Waals surface area contributed by atoms with Crippen LogP contribution in [0.3, 0.4) is 0 Å². The van der Waals surface area contributed by atoms with Crippen LogP contribution in [0.15, 0.2) is 24.3 Å². The first-order valence-corrected chi connectivity index (χ1v) is 6.68. The molecule has 2 N–H and O–H groups in total. The summed E-state index contributed by atoms with van der Waals surface area (Å²) in [7, 11) is 0. The molecule has 1 aliphatic rings. The first kappa shape index (κ1) is 14.0. The summed E-state index contributed by atoms with van der Waals surface area (Å²) in [5.41, 5.74) is 0.910. The molecule has 0 bridgehead atoms. The van der Waals surface area contributed by atoms with Gasteiger partial charge in [0.2, 0.25) is 5.91 Å². The SMILES string of the molecule is O=C(CN1CCCNCC1)NCc1ccc(F)cc1. The van der Waals surface area contributed by atoms with Crippen molar-refractivity contribution in [2.24, 2.45) is 0 Å². The molecule has 1 fully saturated rings. The van der Waals surface area contributed by atoms with E-state index < -0.39 is 0 Å². The minimum absolute atomic E-state index is 0.0197. The third kappa shape index (κ3) is 4.96.